The Morgan fingerprint density at radius 3 is 2.95 bits per heavy atom. The number of aromatic nitrogens is 2. The summed E-state index contributed by atoms with van der Waals surface area (Å²) in [6.45, 7) is 2.31. The van der Waals surface area contributed by atoms with Crippen molar-refractivity contribution in [3.8, 4) is 17.3 Å². The molecule has 0 fully saturated rings. The Morgan fingerprint density at radius 2 is 2.24 bits per heavy atom. The van der Waals surface area contributed by atoms with Gasteiger partial charge in [-0.25, -0.2) is 4.98 Å². The second-order valence-corrected chi connectivity index (χ2v) is 4.48. The molecule has 2 aromatic rings. The summed E-state index contributed by atoms with van der Waals surface area (Å²) in [5.74, 6) is 0.497. The average Bonchev–Trinajstić information content (AvgIpc) is 2.51. The Bertz CT molecular complexity index is 647. The van der Waals surface area contributed by atoms with Crippen LogP contribution in [0.3, 0.4) is 0 Å². The third-order valence-electron chi connectivity index (χ3n) is 2.72. The number of hydrogen-bond donors (Lipinski definition) is 0. The molecule has 0 aliphatic carbocycles. The van der Waals surface area contributed by atoms with Crippen LogP contribution >= 0.6 is 11.6 Å². The number of hydrogen-bond acceptors (Lipinski definition) is 5. The highest BCUT2D eigenvalue weighted by Gasteiger charge is 2.15. The van der Waals surface area contributed by atoms with E-state index in [1.807, 2.05) is 6.92 Å². The third-order valence-corrected chi connectivity index (χ3v) is 2.92. The molecular weight excluding hydrogens is 292 g/mol. The number of rotatable bonds is 6. The number of nitrogens with zero attached hydrogens (tertiary/aromatic N) is 2. The zero-order valence-corrected chi connectivity index (χ0v) is 12.5. The number of halogens is 1. The Balaban J connectivity index is 2.44. The number of carbonyl (C=O) groups is 1. The Morgan fingerprint density at radius 1 is 1.43 bits per heavy atom. The van der Waals surface area contributed by atoms with Gasteiger partial charge in [-0.1, -0.05) is 17.7 Å². The molecule has 0 saturated heterocycles. The van der Waals surface area contributed by atoms with Gasteiger partial charge in [0.2, 0.25) is 5.88 Å². The molecule has 0 N–H and O–H groups in total. The van der Waals surface area contributed by atoms with E-state index in [-0.39, 0.29) is 17.5 Å². The van der Waals surface area contributed by atoms with Gasteiger partial charge in [-0.2, -0.15) is 4.98 Å². The molecule has 21 heavy (non-hydrogen) atoms. The molecule has 1 aromatic heterocycles. The minimum atomic E-state index is -0.150. The molecular formula is C15H14ClN2O3. The fourth-order valence-electron chi connectivity index (χ4n) is 1.75. The molecule has 1 radical (unpaired) electrons. The van der Waals surface area contributed by atoms with Gasteiger partial charge in [0.25, 0.3) is 0 Å². The first kappa shape index (κ1) is 15.4. The van der Waals surface area contributed by atoms with E-state index in [9.17, 15) is 4.79 Å². The first-order valence-corrected chi connectivity index (χ1v) is 6.73. The largest absolute Gasteiger partial charge is 0.481 e. The molecule has 0 bridgehead atoms. The Kier molecular flexibility index (Phi) is 5.25. The second kappa shape index (κ2) is 7.15. The molecule has 6 heteroatoms. The highest BCUT2D eigenvalue weighted by molar-refractivity contribution is 6.29. The summed E-state index contributed by atoms with van der Waals surface area (Å²) in [7, 11) is 1.49. The maximum atomic E-state index is 12.2. The van der Waals surface area contributed by atoms with Crippen LogP contribution in [0.5, 0.6) is 5.88 Å². The number of Topliss-reactive ketones (excluding diaryl/α,β-unsaturated/α-hetero) is 1. The van der Waals surface area contributed by atoms with E-state index in [0.29, 0.717) is 29.4 Å². The van der Waals surface area contributed by atoms with E-state index in [0.717, 1.165) is 0 Å². The van der Waals surface area contributed by atoms with Crippen LogP contribution in [0, 0.1) is 6.07 Å². The maximum absolute atomic E-state index is 12.2. The van der Waals surface area contributed by atoms with Gasteiger partial charge in [0.05, 0.1) is 7.11 Å². The van der Waals surface area contributed by atoms with Crippen molar-refractivity contribution in [3.63, 3.8) is 0 Å². The first-order chi connectivity index (χ1) is 10.2. The molecule has 5 nitrogen and oxygen atoms in total. The second-order valence-electron chi connectivity index (χ2n) is 4.09. The van der Waals surface area contributed by atoms with Crippen molar-refractivity contribution in [2.24, 2.45) is 0 Å². The summed E-state index contributed by atoms with van der Waals surface area (Å²) in [4.78, 5) is 20.5. The number of carbonyl (C=O) groups excluding carboxylic acids is 1. The maximum Gasteiger partial charge on any atom is 0.218 e. The molecule has 0 aliphatic rings. The molecule has 0 atom stereocenters. The van der Waals surface area contributed by atoms with E-state index in [1.54, 1.807) is 18.2 Å². The topological polar surface area (TPSA) is 61.3 Å². The van der Waals surface area contributed by atoms with Gasteiger partial charge in [-0.05, 0) is 25.1 Å². The summed E-state index contributed by atoms with van der Waals surface area (Å²) in [6, 6.07) is 9.37. The van der Waals surface area contributed by atoms with E-state index < -0.39 is 0 Å². The van der Waals surface area contributed by atoms with E-state index >= 15 is 0 Å². The number of benzene rings is 1. The lowest BCUT2D eigenvalue weighted by molar-refractivity contribution is 0.0784. The minimum absolute atomic E-state index is 0.00517. The van der Waals surface area contributed by atoms with Crippen LogP contribution < -0.4 is 4.74 Å². The summed E-state index contributed by atoms with van der Waals surface area (Å²) in [5.41, 5.74) is 1.01. The van der Waals surface area contributed by atoms with Crippen molar-refractivity contribution in [2.45, 2.75) is 6.92 Å². The zero-order chi connectivity index (χ0) is 15.2. The lowest BCUT2D eigenvalue weighted by Gasteiger charge is -2.09. The highest BCUT2D eigenvalue weighted by atomic mass is 35.5. The fourth-order valence-corrected chi connectivity index (χ4v) is 1.93. The lowest BCUT2D eigenvalue weighted by Crippen LogP contribution is -2.11. The first-order valence-electron chi connectivity index (χ1n) is 6.35. The standard InChI is InChI=1S/C15H14ClN2O3/c1-3-21-9-12(19)10-6-4-5-7-11(10)15-17-13(16)8-14(18-15)20-2/h4,6-8H,3,9H2,1-2H3. The quantitative estimate of drug-likeness (QED) is 0.606. The van der Waals surface area contributed by atoms with E-state index in [4.69, 9.17) is 21.1 Å². The summed E-state index contributed by atoms with van der Waals surface area (Å²) in [6.07, 6.45) is 0. The molecule has 2 rings (SSSR count). The fraction of sp³-hybridized carbons (Fsp3) is 0.267. The highest BCUT2D eigenvalue weighted by Crippen LogP contribution is 2.24. The molecule has 109 valence electrons. The van der Waals surface area contributed by atoms with E-state index in [2.05, 4.69) is 16.0 Å². The van der Waals surface area contributed by atoms with Crippen LogP contribution in [0.15, 0.2) is 24.3 Å². The lowest BCUT2D eigenvalue weighted by atomic mass is 10.0. The molecule has 0 saturated carbocycles. The van der Waals surface area contributed by atoms with Crippen molar-refractivity contribution in [1.29, 1.82) is 0 Å². The normalized spacial score (nSPS) is 10.4. The predicted octanol–water partition coefficient (Wildman–Crippen LogP) is 2.82. The van der Waals surface area contributed by atoms with Crippen molar-refractivity contribution < 1.29 is 14.3 Å². The molecule has 1 aromatic carbocycles. The molecule has 0 aliphatic heterocycles. The molecule has 0 amide bonds. The molecule has 1 heterocycles. The van der Waals surface area contributed by atoms with Crippen LogP contribution in [-0.2, 0) is 4.74 Å². The van der Waals surface area contributed by atoms with Crippen molar-refractivity contribution in [2.75, 3.05) is 20.3 Å². The van der Waals surface area contributed by atoms with Crippen molar-refractivity contribution in [3.05, 3.63) is 41.0 Å². The summed E-state index contributed by atoms with van der Waals surface area (Å²) in [5, 5.41) is 0.240. The van der Waals surface area contributed by atoms with Crippen molar-refractivity contribution >= 4 is 17.4 Å². The number of ketones is 1. The van der Waals surface area contributed by atoms with Gasteiger partial charge in [0.15, 0.2) is 11.6 Å². The van der Waals surface area contributed by atoms with Crippen LogP contribution in [-0.4, -0.2) is 36.1 Å². The smallest absolute Gasteiger partial charge is 0.218 e. The monoisotopic (exact) mass is 305 g/mol. The van der Waals surface area contributed by atoms with Crippen molar-refractivity contribution in [1.82, 2.24) is 9.97 Å². The van der Waals surface area contributed by atoms with Gasteiger partial charge in [0, 0.05) is 23.8 Å². The SMILES string of the molecule is CCOCC(=O)c1cc[c]cc1-c1nc(Cl)cc(OC)n1. The third kappa shape index (κ3) is 3.77. The van der Waals surface area contributed by atoms with E-state index in [1.165, 1.54) is 13.2 Å². The molecule has 0 unspecified atom stereocenters. The van der Waals surface area contributed by atoms with Gasteiger partial charge in [-0.15, -0.1) is 0 Å². The number of ether oxygens (including phenoxy) is 2. The number of methoxy groups -OCH3 is 1. The minimum Gasteiger partial charge on any atom is -0.481 e. The van der Waals surface area contributed by atoms with Gasteiger partial charge >= 0.3 is 0 Å². The summed E-state index contributed by atoms with van der Waals surface area (Å²) < 4.78 is 10.2. The summed E-state index contributed by atoms with van der Waals surface area (Å²) >= 11 is 5.94. The van der Waals surface area contributed by atoms with Crippen LogP contribution in [0.4, 0.5) is 0 Å². The zero-order valence-electron chi connectivity index (χ0n) is 11.7. The Hall–Kier alpha value is -1.98. The van der Waals surface area contributed by atoms with Gasteiger partial charge in [0.1, 0.15) is 11.8 Å². The Labute approximate surface area is 127 Å². The molecule has 0 spiro atoms. The van der Waals surface area contributed by atoms with Crippen LogP contribution in [0.1, 0.15) is 17.3 Å². The average molecular weight is 306 g/mol. The van der Waals surface area contributed by atoms with Crippen LogP contribution in [0.25, 0.3) is 11.4 Å². The van der Waals surface area contributed by atoms with Gasteiger partial charge < -0.3 is 9.47 Å². The van der Waals surface area contributed by atoms with Gasteiger partial charge in [-0.3, -0.25) is 4.79 Å². The predicted molar refractivity (Wildman–Crippen MR) is 78.7 cm³/mol. The van der Waals surface area contributed by atoms with Crippen LogP contribution in [0.2, 0.25) is 5.15 Å².